The van der Waals surface area contributed by atoms with Gasteiger partial charge in [-0.05, 0) is 38.3 Å². The molecule has 0 aliphatic carbocycles. The van der Waals surface area contributed by atoms with Crippen molar-refractivity contribution in [2.24, 2.45) is 4.99 Å². The number of guanidine groups is 1. The third-order valence-corrected chi connectivity index (χ3v) is 6.21. The van der Waals surface area contributed by atoms with Crippen LogP contribution in [0.15, 0.2) is 35.3 Å². The lowest BCUT2D eigenvalue weighted by Gasteiger charge is -2.35. The lowest BCUT2D eigenvalue weighted by atomic mass is 10.0. The Morgan fingerprint density at radius 3 is 2.60 bits per heavy atom. The van der Waals surface area contributed by atoms with Crippen molar-refractivity contribution in [3.8, 4) is 0 Å². The number of hydrogen-bond donors (Lipinski definition) is 2. The number of aliphatic imine (C=N–C) groups is 1. The molecule has 2 N–H and O–H groups in total. The molecule has 0 radical (unpaired) electrons. The molecule has 1 aromatic carbocycles. The van der Waals surface area contributed by atoms with E-state index in [0.717, 1.165) is 57.8 Å². The second-order valence-electron chi connectivity index (χ2n) is 8.19. The second-order valence-corrected chi connectivity index (χ2v) is 8.19. The van der Waals surface area contributed by atoms with Crippen LogP contribution in [-0.2, 0) is 4.74 Å². The van der Waals surface area contributed by atoms with Crippen LogP contribution in [0.5, 0.6) is 0 Å². The Bertz CT molecular complexity index is 609. The molecule has 2 unspecified atom stereocenters. The molecule has 30 heavy (non-hydrogen) atoms. The van der Waals surface area contributed by atoms with E-state index in [1.807, 2.05) is 7.05 Å². The maximum Gasteiger partial charge on any atom is 0.191 e. The molecule has 7 heteroatoms. The lowest BCUT2D eigenvalue weighted by molar-refractivity contribution is 0.0170. The minimum atomic E-state index is 0. The Morgan fingerprint density at radius 1 is 1.13 bits per heavy atom. The van der Waals surface area contributed by atoms with Crippen molar-refractivity contribution in [2.45, 2.75) is 44.7 Å². The minimum absolute atomic E-state index is 0. The van der Waals surface area contributed by atoms with Crippen LogP contribution < -0.4 is 10.6 Å². The van der Waals surface area contributed by atoms with Crippen molar-refractivity contribution >= 4 is 29.9 Å². The molecule has 2 saturated heterocycles. The van der Waals surface area contributed by atoms with Gasteiger partial charge in [-0.25, -0.2) is 0 Å². The third kappa shape index (κ3) is 7.98. The molecule has 0 amide bonds. The molecule has 2 atom stereocenters. The largest absolute Gasteiger partial charge is 0.379 e. The van der Waals surface area contributed by atoms with Crippen LogP contribution in [0.4, 0.5) is 0 Å². The van der Waals surface area contributed by atoms with E-state index >= 15 is 0 Å². The standard InChI is InChI=1S/C23H39N5O.HI/c1-20-9-6-7-13-27(20)14-8-12-25-23(24-2)26-19-22(21-10-4-3-5-11-21)28-15-17-29-18-16-28;/h3-5,10-11,20,22H,6-9,12-19H2,1-2H3,(H2,24,25,26);1H. The summed E-state index contributed by atoms with van der Waals surface area (Å²) in [6, 6.07) is 11.8. The fraction of sp³-hybridized carbons (Fsp3) is 0.696. The van der Waals surface area contributed by atoms with Gasteiger partial charge in [-0.2, -0.15) is 0 Å². The van der Waals surface area contributed by atoms with E-state index in [4.69, 9.17) is 4.74 Å². The highest BCUT2D eigenvalue weighted by Crippen LogP contribution is 2.21. The van der Waals surface area contributed by atoms with Gasteiger partial charge in [-0.1, -0.05) is 36.8 Å². The Labute approximate surface area is 199 Å². The summed E-state index contributed by atoms with van der Waals surface area (Å²) in [6.45, 7) is 10.2. The van der Waals surface area contributed by atoms with E-state index in [2.05, 4.69) is 62.7 Å². The predicted octanol–water partition coefficient (Wildman–Crippen LogP) is 3.11. The first-order valence-electron chi connectivity index (χ1n) is 11.3. The van der Waals surface area contributed by atoms with Crippen molar-refractivity contribution in [3.63, 3.8) is 0 Å². The van der Waals surface area contributed by atoms with Gasteiger partial charge in [0.2, 0.25) is 0 Å². The molecular weight excluding hydrogens is 489 g/mol. The van der Waals surface area contributed by atoms with Gasteiger partial charge in [-0.15, -0.1) is 24.0 Å². The predicted molar refractivity (Wildman–Crippen MR) is 136 cm³/mol. The van der Waals surface area contributed by atoms with Gasteiger partial charge >= 0.3 is 0 Å². The molecule has 0 saturated carbocycles. The molecule has 6 nitrogen and oxygen atoms in total. The van der Waals surface area contributed by atoms with Crippen LogP contribution in [0.2, 0.25) is 0 Å². The monoisotopic (exact) mass is 529 g/mol. The second kappa shape index (κ2) is 14.2. The zero-order valence-electron chi connectivity index (χ0n) is 18.7. The summed E-state index contributed by atoms with van der Waals surface area (Å²) in [7, 11) is 1.86. The van der Waals surface area contributed by atoms with Gasteiger partial charge in [0, 0.05) is 45.8 Å². The number of piperidine rings is 1. The molecule has 2 aliphatic rings. The molecule has 2 heterocycles. The summed E-state index contributed by atoms with van der Waals surface area (Å²) in [4.78, 5) is 9.58. The zero-order chi connectivity index (χ0) is 20.3. The maximum atomic E-state index is 5.55. The molecule has 3 rings (SSSR count). The SMILES string of the molecule is CN=C(NCCCN1CCCCC1C)NCC(c1ccccc1)N1CCOCC1.I. The number of likely N-dealkylation sites (tertiary alicyclic amines) is 1. The van der Waals surface area contributed by atoms with E-state index in [0.29, 0.717) is 6.04 Å². The van der Waals surface area contributed by atoms with Gasteiger partial charge in [0.25, 0.3) is 0 Å². The van der Waals surface area contributed by atoms with E-state index < -0.39 is 0 Å². The normalized spacial score (nSPS) is 22.2. The first kappa shape index (κ1) is 25.4. The highest BCUT2D eigenvalue weighted by Gasteiger charge is 2.23. The Morgan fingerprint density at radius 2 is 1.90 bits per heavy atom. The van der Waals surface area contributed by atoms with Gasteiger partial charge in [-0.3, -0.25) is 9.89 Å². The summed E-state index contributed by atoms with van der Waals surface area (Å²) >= 11 is 0. The Balaban J connectivity index is 0.00000320. The molecule has 0 bridgehead atoms. The molecule has 0 aromatic heterocycles. The molecule has 2 fully saturated rings. The van der Waals surface area contributed by atoms with Crippen molar-refractivity contribution in [2.75, 3.05) is 59.5 Å². The quantitative estimate of drug-likeness (QED) is 0.235. The van der Waals surface area contributed by atoms with Crippen molar-refractivity contribution in [1.82, 2.24) is 20.4 Å². The van der Waals surface area contributed by atoms with E-state index in [9.17, 15) is 0 Å². The topological polar surface area (TPSA) is 52.1 Å². The fourth-order valence-electron chi connectivity index (χ4n) is 4.41. The summed E-state index contributed by atoms with van der Waals surface area (Å²) in [5.74, 6) is 0.894. The fourth-order valence-corrected chi connectivity index (χ4v) is 4.41. The van der Waals surface area contributed by atoms with Crippen LogP contribution in [0.25, 0.3) is 0 Å². The maximum absolute atomic E-state index is 5.55. The van der Waals surface area contributed by atoms with Gasteiger partial charge in [0.05, 0.1) is 19.3 Å². The Hall–Kier alpha value is -0.900. The average Bonchev–Trinajstić information content (AvgIpc) is 2.78. The summed E-state index contributed by atoms with van der Waals surface area (Å²) in [5.41, 5.74) is 1.34. The number of ether oxygens (including phenoxy) is 1. The van der Waals surface area contributed by atoms with E-state index in [1.165, 1.54) is 37.9 Å². The number of nitrogens with zero attached hydrogens (tertiary/aromatic N) is 3. The first-order chi connectivity index (χ1) is 14.3. The van der Waals surface area contributed by atoms with Crippen LogP contribution in [0.3, 0.4) is 0 Å². The first-order valence-corrected chi connectivity index (χ1v) is 11.3. The lowest BCUT2D eigenvalue weighted by Crippen LogP contribution is -2.46. The number of halogens is 1. The third-order valence-electron chi connectivity index (χ3n) is 6.21. The molecule has 1 aromatic rings. The number of hydrogen-bond acceptors (Lipinski definition) is 4. The highest BCUT2D eigenvalue weighted by atomic mass is 127. The van der Waals surface area contributed by atoms with Crippen molar-refractivity contribution in [3.05, 3.63) is 35.9 Å². The number of rotatable bonds is 8. The van der Waals surface area contributed by atoms with Crippen molar-refractivity contribution < 1.29 is 4.74 Å². The van der Waals surface area contributed by atoms with Gasteiger partial charge < -0.3 is 20.3 Å². The Kier molecular flexibility index (Phi) is 12.0. The smallest absolute Gasteiger partial charge is 0.191 e. The molecule has 2 aliphatic heterocycles. The molecule has 0 spiro atoms. The molecule has 170 valence electrons. The van der Waals surface area contributed by atoms with Gasteiger partial charge in [0.15, 0.2) is 5.96 Å². The number of morpholine rings is 1. The minimum Gasteiger partial charge on any atom is -0.379 e. The van der Waals surface area contributed by atoms with Crippen LogP contribution in [0, 0.1) is 0 Å². The highest BCUT2D eigenvalue weighted by molar-refractivity contribution is 14.0. The summed E-state index contributed by atoms with van der Waals surface area (Å²) < 4.78 is 5.55. The molecular formula is C23H40IN5O. The van der Waals surface area contributed by atoms with Crippen LogP contribution in [-0.4, -0.2) is 81.3 Å². The summed E-state index contributed by atoms with van der Waals surface area (Å²) in [6.07, 6.45) is 5.23. The number of benzene rings is 1. The van der Waals surface area contributed by atoms with Gasteiger partial charge in [0.1, 0.15) is 0 Å². The summed E-state index contributed by atoms with van der Waals surface area (Å²) in [5, 5.41) is 7.06. The average molecular weight is 530 g/mol. The van der Waals surface area contributed by atoms with Crippen LogP contribution >= 0.6 is 24.0 Å². The van der Waals surface area contributed by atoms with Crippen molar-refractivity contribution in [1.29, 1.82) is 0 Å². The van der Waals surface area contributed by atoms with E-state index in [-0.39, 0.29) is 24.0 Å². The van der Waals surface area contributed by atoms with Crippen LogP contribution in [0.1, 0.15) is 44.2 Å². The zero-order valence-corrected chi connectivity index (χ0v) is 21.0. The number of nitrogens with one attached hydrogen (secondary N) is 2. The van der Waals surface area contributed by atoms with E-state index in [1.54, 1.807) is 0 Å².